The third-order valence-corrected chi connectivity index (χ3v) is 2.30. The Morgan fingerprint density at radius 1 is 1.17 bits per heavy atom. The highest BCUT2D eigenvalue weighted by atomic mass is 19.3. The number of hydrogen-bond donors (Lipinski definition) is 0. The first-order valence-electron chi connectivity index (χ1n) is 3.66. The van der Waals surface area contributed by atoms with Crippen molar-refractivity contribution in [3.8, 4) is 0 Å². The Kier molecular flexibility index (Phi) is 1.78. The van der Waals surface area contributed by atoms with Gasteiger partial charge in [0, 0.05) is 6.42 Å². The van der Waals surface area contributed by atoms with Gasteiger partial charge in [-0.25, -0.2) is 0 Å². The average molecular weight is 182 g/mol. The molecule has 0 heterocycles. The molecule has 0 aromatic heterocycles. The van der Waals surface area contributed by atoms with Crippen LogP contribution in [0, 0.1) is 5.41 Å². The third kappa shape index (κ3) is 0.898. The number of allylic oxidation sites excluding steroid dienone is 2. The maximum Gasteiger partial charge on any atom is 0.319 e. The summed E-state index contributed by atoms with van der Waals surface area (Å²) in [6.07, 6.45) is 1.75. The lowest BCUT2D eigenvalue weighted by atomic mass is 9.63. The molecule has 0 saturated heterocycles. The lowest BCUT2D eigenvalue weighted by Crippen LogP contribution is -2.64. The van der Waals surface area contributed by atoms with Crippen molar-refractivity contribution in [2.45, 2.75) is 32.1 Å². The minimum Gasteiger partial charge on any atom is -0.200 e. The van der Waals surface area contributed by atoms with Crippen molar-refractivity contribution in [3.05, 3.63) is 12.2 Å². The monoisotopic (exact) mass is 182 g/mol. The summed E-state index contributed by atoms with van der Waals surface area (Å²) in [5, 5.41) is 0. The zero-order valence-electron chi connectivity index (χ0n) is 6.87. The standard InChI is InChI=1S/C8H10F4/c1-3-4-6(2)5-7(9,10)8(6,11)12/h3-4H,5H2,1-2H3/b4-3-. The van der Waals surface area contributed by atoms with Crippen LogP contribution in [0.2, 0.25) is 0 Å². The fourth-order valence-electron chi connectivity index (χ4n) is 1.53. The first-order valence-corrected chi connectivity index (χ1v) is 3.66. The van der Waals surface area contributed by atoms with E-state index in [1.807, 2.05) is 0 Å². The van der Waals surface area contributed by atoms with Gasteiger partial charge < -0.3 is 0 Å². The van der Waals surface area contributed by atoms with Crippen LogP contribution in [0.15, 0.2) is 12.2 Å². The van der Waals surface area contributed by atoms with E-state index in [1.165, 1.54) is 13.0 Å². The average Bonchev–Trinajstić information content (AvgIpc) is 1.86. The van der Waals surface area contributed by atoms with E-state index >= 15 is 0 Å². The van der Waals surface area contributed by atoms with E-state index in [0.717, 1.165) is 13.0 Å². The largest absolute Gasteiger partial charge is 0.319 e. The van der Waals surface area contributed by atoms with Crippen molar-refractivity contribution in [1.29, 1.82) is 0 Å². The van der Waals surface area contributed by atoms with Crippen LogP contribution in [-0.4, -0.2) is 11.8 Å². The zero-order valence-corrected chi connectivity index (χ0v) is 6.87. The van der Waals surface area contributed by atoms with Crippen LogP contribution in [0.25, 0.3) is 0 Å². The number of hydrogen-bond acceptors (Lipinski definition) is 0. The molecule has 1 saturated carbocycles. The number of rotatable bonds is 1. The number of alkyl halides is 4. The van der Waals surface area contributed by atoms with Gasteiger partial charge in [-0.2, -0.15) is 17.6 Å². The molecule has 0 aromatic carbocycles. The Balaban J connectivity index is 2.90. The molecule has 1 rings (SSSR count). The molecule has 70 valence electrons. The smallest absolute Gasteiger partial charge is 0.200 e. The van der Waals surface area contributed by atoms with Crippen LogP contribution in [0.5, 0.6) is 0 Å². The van der Waals surface area contributed by atoms with Crippen LogP contribution >= 0.6 is 0 Å². The van der Waals surface area contributed by atoms with Gasteiger partial charge in [0.05, 0.1) is 5.41 Å². The summed E-state index contributed by atoms with van der Waals surface area (Å²) in [6.45, 7) is 2.68. The maximum atomic E-state index is 12.8. The van der Waals surface area contributed by atoms with Crippen LogP contribution in [0.1, 0.15) is 20.3 Å². The molecule has 0 bridgehead atoms. The van der Waals surface area contributed by atoms with Crippen LogP contribution in [0.3, 0.4) is 0 Å². The van der Waals surface area contributed by atoms with E-state index in [4.69, 9.17) is 0 Å². The first-order chi connectivity index (χ1) is 5.27. The van der Waals surface area contributed by atoms with Gasteiger partial charge in [-0.05, 0) is 13.8 Å². The van der Waals surface area contributed by atoms with Crippen molar-refractivity contribution in [3.63, 3.8) is 0 Å². The highest BCUT2D eigenvalue weighted by molar-refractivity contribution is 5.19. The van der Waals surface area contributed by atoms with E-state index in [2.05, 4.69) is 0 Å². The molecule has 1 aliphatic carbocycles. The molecule has 0 nitrogen and oxygen atoms in total. The molecule has 4 heteroatoms. The highest BCUT2D eigenvalue weighted by Gasteiger charge is 2.77. The normalized spacial score (nSPS) is 38.2. The van der Waals surface area contributed by atoms with Crippen molar-refractivity contribution in [2.24, 2.45) is 5.41 Å². The molecule has 0 aliphatic heterocycles. The summed E-state index contributed by atoms with van der Waals surface area (Å²) in [4.78, 5) is 0. The minimum absolute atomic E-state index is 0.767. The molecule has 0 radical (unpaired) electrons. The second-order valence-electron chi connectivity index (χ2n) is 3.37. The SMILES string of the molecule is C/C=C\C1(C)CC(F)(F)C1(F)F. The second-order valence-corrected chi connectivity index (χ2v) is 3.37. The molecular weight excluding hydrogens is 172 g/mol. The Morgan fingerprint density at radius 2 is 1.67 bits per heavy atom. The van der Waals surface area contributed by atoms with Crippen molar-refractivity contribution < 1.29 is 17.6 Å². The van der Waals surface area contributed by atoms with E-state index in [-0.39, 0.29) is 0 Å². The summed E-state index contributed by atoms with van der Waals surface area (Å²) in [5.41, 5.74) is -1.66. The van der Waals surface area contributed by atoms with Gasteiger partial charge in [-0.3, -0.25) is 0 Å². The van der Waals surface area contributed by atoms with E-state index in [1.54, 1.807) is 0 Å². The van der Waals surface area contributed by atoms with Gasteiger partial charge in [0.25, 0.3) is 0 Å². The van der Waals surface area contributed by atoms with Gasteiger partial charge >= 0.3 is 11.8 Å². The maximum absolute atomic E-state index is 12.8. The summed E-state index contributed by atoms with van der Waals surface area (Å²) >= 11 is 0. The van der Waals surface area contributed by atoms with Gasteiger partial charge in [-0.1, -0.05) is 12.2 Å². The molecule has 1 aliphatic rings. The highest BCUT2D eigenvalue weighted by Crippen LogP contribution is 2.63. The minimum atomic E-state index is -3.90. The Morgan fingerprint density at radius 3 is 1.92 bits per heavy atom. The Labute approximate surface area is 68.3 Å². The lowest BCUT2D eigenvalue weighted by molar-refractivity contribution is -0.337. The predicted molar refractivity (Wildman–Crippen MR) is 37.4 cm³/mol. The first kappa shape index (κ1) is 9.55. The van der Waals surface area contributed by atoms with Gasteiger partial charge in [0.15, 0.2) is 0 Å². The van der Waals surface area contributed by atoms with E-state index < -0.39 is 23.7 Å². The zero-order chi connectivity index (χ0) is 9.62. The summed E-state index contributed by atoms with van der Waals surface area (Å²) < 4.78 is 50.2. The van der Waals surface area contributed by atoms with Crippen LogP contribution in [-0.2, 0) is 0 Å². The van der Waals surface area contributed by atoms with Gasteiger partial charge in [0.1, 0.15) is 0 Å². The fourth-order valence-corrected chi connectivity index (χ4v) is 1.53. The van der Waals surface area contributed by atoms with Gasteiger partial charge in [-0.15, -0.1) is 0 Å². The molecule has 1 unspecified atom stereocenters. The van der Waals surface area contributed by atoms with Crippen molar-refractivity contribution in [2.75, 3.05) is 0 Å². The quantitative estimate of drug-likeness (QED) is 0.431. The molecule has 12 heavy (non-hydrogen) atoms. The van der Waals surface area contributed by atoms with E-state index in [9.17, 15) is 17.6 Å². The topological polar surface area (TPSA) is 0 Å². The van der Waals surface area contributed by atoms with Crippen LogP contribution in [0.4, 0.5) is 17.6 Å². The molecule has 0 spiro atoms. The lowest BCUT2D eigenvalue weighted by Gasteiger charge is -2.50. The molecular formula is C8H10F4. The third-order valence-electron chi connectivity index (χ3n) is 2.30. The number of halogens is 4. The van der Waals surface area contributed by atoms with Crippen molar-refractivity contribution in [1.82, 2.24) is 0 Å². The molecule has 1 fully saturated rings. The van der Waals surface area contributed by atoms with Crippen LogP contribution < -0.4 is 0 Å². The fraction of sp³-hybridized carbons (Fsp3) is 0.750. The second kappa shape index (κ2) is 2.24. The Bertz CT molecular complexity index is 219. The summed E-state index contributed by atoms with van der Waals surface area (Å²) in [6, 6.07) is 0. The predicted octanol–water partition coefficient (Wildman–Crippen LogP) is 3.24. The molecule has 1 atom stereocenters. The van der Waals surface area contributed by atoms with E-state index in [0.29, 0.717) is 0 Å². The molecule has 0 aromatic rings. The molecule has 0 N–H and O–H groups in total. The summed E-state index contributed by atoms with van der Waals surface area (Å²) in [5.74, 6) is -7.73. The summed E-state index contributed by atoms with van der Waals surface area (Å²) in [7, 11) is 0. The molecule has 0 amide bonds. The van der Waals surface area contributed by atoms with Crippen molar-refractivity contribution >= 4 is 0 Å². The van der Waals surface area contributed by atoms with Gasteiger partial charge in [0.2, 0.25) is 0 Å². The Hall–Kier alpha value is -0.540.